The maximum atomic E-state index is 14.3. The summed E-state index contributed by atoms with van der Waals surface area (Å²) in [7, 11) is -2.59. The fourth-order valence-electron chi connectivity index (χ4n) is 4.39. The molecule has 2 atom stereocenters. The van der Waals surface area contributed by atoms with Gasteiger partial charge >= 0.3 is 12.4 Å². The number of nitrogens with two attached hydrogens (primary N) is 1. The van der Waals surface area contributed by atoms with Gasteiger partial charge in [-0.25, -0.2) is 9.37 Å². The molecule has 234 valence electrons. The summed E-state index contributed by atoms with van der Waals surface area (Å²) in [5.74, 6) is -2.08. The van der Waals surface area contributed by atoms with Gasteiger partial charge in [-0.3, -0.25) is 4.79 Å². The Bertz CT molecular complexity index is 1250. The molecule has 0 bridgehead atoms. The van der Waals surface area contributed by atoms with Crippen LogP contribution in [0, 0.1) is 5.82 Å². The van der Waals surface area contributed by atoms with Crippen molar-refractivity contribution < 1.29 is 40.0 Å². The molecule has 1 fully saturated rings. The van der Waals surface area contributed by atoms with Crippen LogP contribution >= 0.6 is 11.6 Å². The molecule has 15 heteroatoms. The van der Waals surface area contributed by atoms with Crippen LogP contribution < -0.4 is 15.5 Å². The molecule has 42 heavy (non-hydrogen) atoms. The Hall–Kier alpha value is -2.42. The van der Waals surface area contributed by atoms with E-state index in [1.807, 2.05) is 33.9 Å². The summed E-state index contributed by atoms with van der Waals surface area (Å²) >= 11 is 5.98. The Labute approximate surface area is 246 Å². The van der Waals surface area contributed by atoms with Crippen LogP contribution in [0.15, 0.2) is 30.3 Å². The first-order chi connectivity index (χ1) is 19.2. The van der Waals surface area contributed by atoms with Crippen LogP contribution in [-0.2, 0) is 21.6 Å². The largest absolute Gasteiger partial charge is 0.433 e. The van der Waals surface area contributed by atoms with Crippen LogP contribution in [0.2, 0.25) is 23.2 Å². The molecule has 0 saturated carbocycles. The maximum Gasteiger partial charge on any atom is 0.433 e. The van der Waals surface area contributed by atoms with Crippen molar-refractivity contribution >= 4 is 37.3 Å². The van der Waals surface area contributed by atoms with E-state index in [1.54, 1.807) is 0 Å². The molecule has 1 amide bonds. The molecule has 0 unspecified atom stereocenters. The Morgan fingerprint density at radius 3 is 2.29 bits per heavy atom. The van der Waals surface area contributed by atoms with E-state index in [4.69, 9.17) is 21.8 Å². The number of benzene rings is 1. The number of hydrogen-bond acceptors (Lipinski definition) is 5. The fraction of sp³-hybridized carbons (Fsp3) is 0.556. The quantitative estimate of drug-likeness (QED) is 0.242. The first kappa shape index (κ1) is 34.1. The number of carbonyl (C=O) groups excluding carboxylic acids is 1. The topological polar surface area (TPSA) is 71.7 Å². The summed E-state index contributed by atoms with van der Waals surface area (Å²) in [6, 6.07) is 2.68. The van der Waals surface area contributed by atoms with Crippen molar-refractivity contribution in [3.8, 4) is 0 Å². The fourth-order valence-corrected chi connectivity index (χ4v) is 5.92. The molecule has 1 saturated heterocycles. The second-order valence-electron chi connectivity index (χ2n) is 11.7. The zero-order valence-corrected chi connectivity index (χ0v) is 25.6. The summed E-state index contributed by atoms with van der Waals surface area (Å²) in [6.07, 6.45) is -10.7. The second kappa shape index (κ2) is 12.3. The Morgan fingerprint density at radius 2 is 1.76 bits per heavy atom. The predicted octanol–water partition coefficient (Wildman–Crippen LogP) is 7.26. The number of anilines is 2. The standard InChI is InChI=1S/C27H34ClF7N4O2Si/c1-25(2,3)42(4,5)41-20-9-12-39(22-14-16(26(30,31)32)13-21(37-22)27(33,34)35)23(20)24(40)38(11-6-10-36)17-7-8-19(29)18(28)15-17/h7-8,13-15,20,23H,6,9-12,36H2,1-5H3/t20-,23+/m1/s1. The number of carbonyl (C=O) groups is 1. The van der Waals surface area contributed by atoms with Crippen molar-refractivity contribution in [1.29, 1.82) is 0 Å². The van der Waals surface area contributed by atoms with E-state index in [1.165, 1.54) is 17.0 Å². The lowest BCUT2D eigenvalue weighted by Crippen LogP contribution is -2.55. The number of hydrogen-bond donors (Lipinski definition) is 1. The molecule has 6 nitrogen and oxygen atoms in total. The van der Waals surface area contributed by atoms with Crippen LogP contribution in [0.4, 0.5) is 42.2 Å². The number of aromatic nitrogens is 1. The van der Waals surface area contributed by atoms with Crippen LogP contribution in [0.5, 0.6) is 0 Å². The van der Waals surface area contributed by atoms with Gasteiger partial charge in [-0.2, -0.15) is 26.3 Å². The van der Waals surface area contributed by atoms with Crippen LogP contribution in [0.1, 0.15) is 44.9 Å². The van der Waals surface area contributed by atoms with Crippen molar-refractivity contribution in [2.24, 2.45) is 5.73 Å². The molecule has 2 N–H and O–H groups in total. The molecular formula is C27H34ClF7N4O2Si. The molecule has 0 spiro atoms. The third-order valence-corrected chi connectivity index (χ3v) is 12.4. The van der Waals surface area contributed by atoms with Gasteiger partial charge in [-0.15, -0.1) is 0 Å². The third kappa shape index (κ3) is 7.55. The molecular weight excluding hydrogens is 609 g/mol. The average Bonchev–Trinajstić information content (AvgIpc) is 3.27. The summed E-state index contributed by atoms with van der Waals surface area (Å²) < 4.78 is 103. The summed E-state index contributed by atoms with van der Waals surface area (Å²) in [6.45, 7) is 9.82. The van der Waals surface area contributed by atoms with Gasteiger partial charge < -0.3 is 20.0 Å². The van der Waals surface area contributed by atoms with Gasteiger partial charge in [0.1, 0.15) is 23.4 Å². The van der Waals surface area contributed by atoms with Crippen molar-refractivity contribution in [1.82, 2.24) is 4.98 Å². The Balaban J connectivity index is 2.20. The van der Waals surface area contributed by atoms with E-state index < -0.39 is 61.6 Å². The van der Waals surface area contributed by atoms with Crippen LogP contribution in [0.3, 0.4) is 0 Å². The van der Waals surface area contributed by atoms with Gasteiger partial charge in [0, 0.05) is 18.8 Å². The van der Waals surface area contributed by atoms with Gasteiger partial charge in [-0.1, -0.05) is 32.4 Å². The minimum Gasteiger partial charge on any atom is -0.411 e. The summed E-state index contributed by atoms with van der Waals surface area (Å²) in [4.78, 5) is 20.2. The van der Waals surface area contributed by atoms with E-state index in [0.717, 1.165) is 11.0 Å². The third-order valence-electron chi connectivity index (χ3n) is 7.64. The van der Waals surface area contributed by atoms with Crippen LogP contribution in [-0.4, -0.2) is 51.0 Å². The van der Waals surface area contributed by atoms with Crippen LogP contribution in [0.25, 0.3) is 0 Å². The lowest BCUT2D eigenvalue weighted by molar-refractivity contribution is -0.145. The molecule has 1 aromatic heterocycles. The van der Waals surface area contributed by atoms with Gasteiger partial charge in [0.25, 0.3) is 5.91 Å². The number of halogens is 8. The predicted molar refractivity (Wildman–Crippen MR) is 149 cm³/mol. The highest BCUT2D eigenvalue weighted by molar-refractivity contribution is 6.74. The van der Waals surface area contributed by atoms with Crippen molar-refractivity contribution in [3.05, 3.63) is 52.4 Å². The first-order valence-corrected chi connectivity index (χ1v) is 16.5. The van der Waals surface area contributed by atoms with E-state index in [0.29, 0.717) is 12.5 Å². The van der Waals surface area contributed by atoms with Crippen molar-refractivity contribution in [2.75, 3.05) is 29.4 Å². The van der Waals surface area contributed by atoms with Crippen molar-refractivity contribution in [3.63, 3.8) is 0 Å². The SMILES string of the molecule is CC(C)(C)[Si](C)(C)O[C@@H]1CCN(c2cc(C(F)(F)F)cc(C(F)(F)F)n2)[C@@H]1C(=O)N(CCCN)c1ccc(F)c(Cl)c1. The zero-order chi connectivity index (χ0) is 31.8. The molecule has 0 radical (unpaired) electrons. The highest BCUT2D eigenvalue weighted by Gasteiger charge is 2.49. The van der Waals surface area contributed by atoms with Gasteiger partial charge in [0.05, 0.1) is 16.7 Å². The smallest absolute Gasteiger partial charge is 0.411 e. The number of pyridine rings is 1. The number of alkyl halides is 6. The summed E-state index contributed by atoms with van der Waals surface area (Å²) in [5, 5.41) is -0.597. The number of nitrogens with zero attached hydrogens (tertiary/aromatic N) is 3. The van der Waals surface area contributed by atoms with Gasteiger partial charge in [0.2, 0.25) is 0 Å². The average molecular weight is 643 g/mol. The minimum atomic E-state index is -5.18. The lowest BCUT2D eigenvalue weighted by Gasteiger charge is -2.41. The second-order valence-corrected chi connectivity index (χ2v) is 16.8. The Kier molecular flexibility index (Phi) is 9.97. The van der Waals surface area contributed by atoms with E-state index >= 15 is 0 Å². The summed E-state index contributed by atoms with van der Waals surface area (Å²) in [5.41, 5.74) is 2.57. The minimum absolute atomic E-state index is 0.0261. The Morgan fingerprint density at radius 1 is 1.12 bits per heavy atom. The van der Waals surface area contributed by atoms with E-state index in [2.05, 4.69) is 4.98 Å². The molecule has 1 aliphatic rings. The molecule has 1 aliphatic heterocycles. The highest BCUT2D eigenvalue weighted by atomic mass is 35.5. The molecule has 2 aromatic rings. The number of rotatable bonds is 8. The number of amides is 1. The lowest BCUT2D eigenvalue weighted by atomic mass is 10.1. The maximum absolute atomic E-state index is 14.3. The van der Waals surface area contributed by atoms with E-state index in [9.17, 15) is 35.5 Å². The van der Waals surface area contributed by atoms with Crippen molar-refractivity contribution in [2.45, 2.75) is 76.2 Å². The zero-order valence-electron chi connectivity index (χ0n) is 23.8. The molecule has 1 aromatic carbocycles. The molecule has 0 aliphatic carbocycles. The van der Waals surface area contributed by atoms with E-state index in [-0.39, 0.29) is 47.9 Å². The molecule has 3 rings (SSSR count). The highest BCUT2D eigenvalue weighted by Crippen LogP contribution is 2.42. The molecule has 2 heterocycles. The normalized spacial score (nSPS) is 18.5. The first-order valence-electron chi connectivity index (χ1n) is 13.2. The van der Waals surface area contributed by atoms with Gasteiger partial charge in [-0.05, 0) is 67.9 Å². The van der Waals surface area contributed by atoms with Gasteiger partial charge in [0.15, 0.2) is 8.32 Å². The monoisotopic (exact) mass is 642 g/mol.